The third kappa shape index (κ3) is 5.10. The summed E-state index contributed by atoms with van der Waals surface area (Å²) in [7, 11) is 3.03. The van der Waals surface area contributed by atoms with Crippen LogP contribution in [0.15, 0.2) is 48.5 Å². The minimum absolute atomic E-state index is 0.203. The van der Waals surface area contributed by atoms with Crippen LogP contribution >= 0.6 is 0 Å². The number of rotatable bonds is 8. The fourth-order valence-corrected chi connectivity index (χ4v) is 2.08. The molecule has 6 nitrogen and oxygen atoms in total. The molecule has 0 fully saturated rings. The Balaban J connectivity index is 2.08. The summed E-state index contributed by atoms with van der Waals surface area (Å²) in [5.41, 5.74) is 1.21. The summed E-state index contributed by atoms with van der Waals surface area (Å²) < 4.78 is 15.4. The van der Waals surface area contributed by atoms with Crippen molar-refractivity contribution in [2.45, 2.75) is 0 Å². The summed E-state index contributed by atoms with van der Waals surface area (Å²) in [6.45, 7) is -0.398. The van der Waals surface area contributed by atoms with Crippen LogP contribution in [-0.4, -0.2) is 37.7 Å². The minimum Gasteiger partial charge on any atom is -0.497 e. The second-order valence-electron chi connectivity index (χ2n) is 5.02. The Bertz CT molecular complexity index is 777. The van der Waals surface area contributed by atoms with Gasteiger partial charge in [0.1, 0.15) is 17.2 Å². The van der Waals surface area contributed by atoms with E-state index in [1.54, 1.807) is 55.7 Å². The van der Waals surface area contributed by atoms with Gasteiger partial charge in [-0.2, -0.15) is 0 Å². The Morgan fingerprint density at radius 3 is 2.28 bits per heavy atom. The quantitative estimate of drug-likeness (QED) is 0.586. The molecule has 0 heterocycles. The van der Waals surface area contributed by atoms with Crippen LogP contribution < -0.4 is 14.2 Å². The molecule has 0 aromatic heterocycles. The van der Waals surface area contributed by atoms with Crippen LogP contribution in [0.2, 0.25) is 0 Å². The number of allylic oxidation sites excluding steroid dienone is 1. The first-order valence-electron chi connectivity index (χ1n) is 7.42. The number of carbonyl (C=O) groups is 2. The van der Waals surface area contributed by atoms with Crippen LogP contribution in [0.4, 0.5) is 0 Å². The Labute approximate surface area is 145 Å². The lowest BCUT2D eigenvalue weighted by atomic mass is 10.1. The van der Waals surface area contributed by atoms with Crippen molar-refractivity contribution in [3.05, 3.63) is 59.7 Å². The average molecular weight is 342 g/mol. The summed E-state index contributed by atoms with van der Waals surface area (Å²) in [4.78, 5) is 22.8. The van der Waals surface area contributed by atoms with E-state index in [1.807, 2.05) is 0 Å². The molecule has 130 valence electrons. The van der Waals surface area contributed by atoms with Crippen molar-refractivity contribution in [3.8, 4) is 17.2 Å². The van der Waals surface area contributed by atoms with Crippen molar-refractivity contribution in [3.63, 3.8) is 0 Å². The highest BCUT2D eigenvalue weighted by molar-refractivity contribution is 6.08. The second-order valence-corrected chi connectivity index (χ2v) is 5.02. The molecule has 0 aliphatic rings. The third-order valence-electron chi connectivity index (χ3n) is 3.34. The number of ketones is 1. The lowest BCUT2D eigenvalue weighted by Crippen LogP contribution is -2.09. The van der Waals surface area contributed by atoms with Gasteiger partial charge >= 0.3 is 5.97 Å². The monoisotopic (exact) mass is 342 g/mol. The number of ether oxygens (including phenoxy) is 3. The first-order valence-corrected chi connectivity index (χ1v) is 7.42. The summed E-state index contributed by atoms with van der Waals surface area (Å²) >= 11 is 0. The van der Waals surface area contributed by atoms with Crippen LogP contribution in [0.5, 0.6) is 17.2 Å². The highest BCUT2D eigenvalue weighted by Gasteiger charge is 2.10. The van der Waals surface area contributed by atoms with E-state index in [-0.39, 0.29) is 5.78 Å². The zero-order valence-corrected chi connectivity index (χ0v) is 13.9. The largest absolute Gasteiger partial charge is 0.497 e. The average Bonchev–Trinajstić information content (AvgIpc) is 2.64. The molecule has 0 radical (unpaired) electrons. The van der Waals surface area contributed by atoms with Crippen molar-refractivity contribution in [2.24, 2.45) is 0 Å². The standard InChI is InChI=1S/C19H18O6/c1-23-15-8-9-16(18(11-15)24-2)17(20)10-5-13-3-6-14(7-4-13)25-12-19(21)22/h3-11H,12H2,1-2H3,(H,21,22)/b10-5+. The molecule has 0 unspecified atom stereocenters. The van der Waals surface area contributed by atoms with Gasteiger partial charge in [-0.1, -0.05) is 18.2 Å². The number of hydrogen-bond donors (Lipinski definition) is 1. The van der Waals surface area contributed by atoms with Gasteiger partial charge in [-0.05, 0) is 35.9 Å². The molecule has 0 atom stereocenters. The van der Waals surface area contributed by atoms with E-state index in [4.69, 9.17) is 19.3 Å². The smallest absolute Gasteiger partial charge is 0.341 e. The predicted molar refractivity (Wildman–Crippen MR) is 92.5 cm³/mol. The molecule has 0 bridgehead atoms. The van der Waals surface area contributed by atoms with Gasteiger partial charge in [0.15, 0.2) is 12.4 Å². The zero-order chi connectivity index (χ0) is 18.2. The summed E-state index contributed by atoms with van der Waals surface area (Å²) in [6.07, 6.45) is 3.10. The van der Waals surface area contributed by atoms with Crippen molar-refractivity contribution < 1.29 is 28.9 Å². The second kappa shape index (κ2) is 8.54. The van der Waals surface area contributed by atoms with Crippen molar-refractivity contribution in [2.75, 3.05) is 20.8 Å². The molecule has 2 rings (SSSR count). The van der Waals surface area contributed by atoms with Crippen LogP contribution in [0, 0.1) is 0 Å². The van der Waals surface area contributed by atoms with Crippen LogP contribution in [0.1, 0.15) is 15.9 Å². The first-order chi connectivity index (χ1) is 12.0. The lowest BCUT2D eigenvalue weighted by Gasteiger charge is -2.08. The highest BCUT2D eigenvalue weighted by Crippen LogP contribution is 2.25. The first kappa shape index (κ1) is 18.1. The fourth-order valence-electron chi connectivity index (χ4n) is 2.08. The number of benzene rings is 2. The maximum atomic E-state index is 12.3. The molecule has 0 aliphatic carbocycles. The number of methoxy groups -OCH3 is 2. The Morgan fingerprint density at radius 2 is 1.68 bits per heavy atom. The molecular formula is C19H18O6. The lowest BCUT2D eigenvalue weighted by molar-refractivity contribution is -0.139. The van der Waals surface area contributed by atoms with Crippen molar-refractivity contribution in [1.29, 1.82) is 0 Å². The molecule has 6 heteroatoms. The molecule has 1 N–H and O–H groups in total. The molecule has 0 saturated carbocycles. The number of hydrogen-bond acceptors (Lipinski definition) is 5. The Hall–Kier alpha value is -3.28. The molecular weight excluding hydrogens is 324 g/mol. The molecule has 0 spiro atoms. The summed E-state index contributed by atoms with van der Waals surface area (Å²) in [5, 5.41) is 8.57. The normalized spacial score (nSPS) is 10.5. The number of carboxylic acid groups (broad SMARTS) is 1. The number of aliphatic carboxylic acids is 1. The van der Waals surface area contributed by atoms with E-state index in [9.17, 15) is 9.59 Å². The van der Waals surface area contributed by atoms with Crippen LogP contribution in [-0.2, 0) is 4.79 Å². The van der Waals surface area contributed by atoms with Crippen molar-refractivity contribution in [1.82, 2.24) is 0 Å². The van der Waals surface area contributed by atoms with E-state index < -0.39 is 12.6 Å². The molecule has 2 aromatic rings. The molecule has 25 heavy (non-hydrogen) atoms. The van der Waals surface area contributed by atoms with Crippen LogP contribution in [0.25, 0.3) is 6.08 Å². The number of carbonyl (C=O) groups excluding carboxylic acids is 1. The summed E-state index contributed by atoms with van der Waals surface area (Å²) in [6, 6.07) is 11.7. The van der Waals surface area contributed by atoms with Crippen molar-refractivity contribution >= 4 is 17.8 Å². The third-order valence-corrected chi connectivity index (χ3v) is 3.34. The van der Waals surface area contributed by atoms with Gasteiger partial charge in [0.05, 0.1) is 19.8 Å². The van der Waals surface area contributed by atoms with E-state index in [0.29, 0.717) is 22.8 Å². The molecule has 0 saturated heterocycles. The van der Waals surface area contributed by atoms with Gasteiger partial charge in [-0.25, -0.2) is 4.79 Å². The zero-order valence-electron chi connectivity index (χ0n) is 13.9. The predicted octanol–water partition coefficient (Wildman–Crippen LogP) is 3.06. The van der Waals surface area contributed by atoms with Crippen LogP contribution in [0.3, 0.4) is 0 Å². The minimum atomic E-state index is -1.04. The van der Waals surface area contributed by atoms with Gasteiger partial charge in [-0.3, -0.25) is 4.79 Å². The molecule has 0 amide bonds. The molecule has 2 aromatic carbocycles. The molecule has 0 aliphatic heterocycles. The number of carboxylic acids is 1. The maximum absolute atomic E-state index is 12.3. The SMILES string of the molecule is COc1ccc(C(=O)/C=C/c2ccc(OCC(=O)O)cc2)c(OC)c1. The Morgan fingerprint density at radius 1 is 1.00 bits per heavy atom. The maximum Gasteiger partial charge on any atom is 0.341 e. The topological polar surface area (TPSA) is 82.1 Å². The Kier molecular flexibility index (Phi) is 6.17. The van der Waals surface area contributed by atoms with Gasteiger partial charge in [0.25, 0.3) is 0 Å². The van der Waals surface area contributed by atoms with Gasteiger partial charge < -0.3 is 19.3 Å². The van der Waals surface area contributed by atoms with Gasteiger partial charge in [-0.15, -0.1) is 0 Å². The highest BCUT2D eigenvalue weighted by atomic mass is 16.5. The van der Waals surface area contributed by atoms with Gasteiger partial charge in [0.2, 0.25) is 0 Å². The van der Waals surface area contributed by atoms with E-state index in [2.05, 4.69) is 0 Å². The van der Waals surface area contributed by atoms with Gasteiger partial charge in [0, 0.05) is 6.07 Å². The summed E-state index contributed by atoms with van der Waals surface area (Å²) in [5.74, 6) is 0.247. The van der Waals surface area contributed by atoms with E-state index in [0.717, 1.165) is 5.56 Å². The van der Waals surface area contributed by atoms with E-state index in [1.165, 1.54) is 13.2 Å². The van der Waals surface area contributed by atoms with E-state index >= 15 is 0 Å². The fraction of sp³-hybridized carbons (Fsp3) is 0.158.